The first-order valence-corrected chi connectivity index (χ1v) is 5.87. The maximum Gasteiger partial charge on any atom is 0.235 e. The molecule has 1 aliphatic rings. The van der Waals surface area contributed by atoms with E-state index in [2.05, 4.69) is 20.3 Å². The standard InChI is InChI=1S/C12H13N5O/c1-8-13-4-5-17(8)12-14-6-10(7-15-12)16-11(18)9-2-3-9/h4-7,9H,2-3H2,1H3,(H,16,18). The largest absolute Gasteiger partial charge is 0.323 e. The molecule has 0 radical (unpaired) electrons. The van der Waals surface area contributed by atoms with E-state index in [1.165, 1.54) is 0 Å². The van der Waals surface area contributed by atoms with Crippen LogP contribution in [-0.2, 0) is 4.79 Å². The Morgan fingerprint density at radius 3 is 2.61 bits per heavy atom. The molecule has 0 unspecified atom stereocenters. The monoisotopic (exact) mass is 243 g/mol. The minimum atomic E-state index is 0.0603. The van der Waals surface area contributed by atoms with Crippen LogP contribution < -0.4 is 5.32 Å². The summed E-state index contributed by atoms with van der Waals surface area (Å²) in [5.74, 6) is 1.62. The van der Waals surface area contributed by atoms with Crippen molar-refractivity contribution in [1.82, 2.24) is 19.5 Å². The highest BCUT2D eigenvalue weighted by atomic mass is 16.2. The van der Waals surface area contributed by atoms with Crippen LogP contribution >= 0.6 is 0 Å². The Morgan fingerprint density at radius 2 is 2.06 bits per heavy atom. The molecule has 1 fully saturated rings. The van der Waals surface area contributed by atoms with Crippen LogP contribution in [0.5, 0.6) is 0 Å². The molecule has 2 aromatic heterocycles. The number of imidazole rings is 1. The summed E-state index contributed by atoms with van der Waals surface area (Å²) in [5.41, 5.74) is 0.633. The molecule has 0 aliphatic heterocycles. The van der Waals surface area contributed by atoms with Gasteiger partial charge in [-0.15, -0.1) is 0 Å². The van der Waals surface area contributed by atoms with Crippen molar-refractivity contribution in [2.45, 2.75) is 19.8 Å². The minimum Gasteiger partial charge on any atom is -0.323 e. The Kier molecular flexibility index (Phi) is 2.55. The second kappa shape index (κ2) is 4.21. The lowest BCUT2D eigenvalue weighted by Gasteiger charge is -2.05. The van der Waals surface area contributed by atoms with Gasteiger partial charge >= 0.3 is 0 Å². The molecule has 2 heterocycles. The van der Waals surface area contributed by atoms with Gasteiger partial charge in [-0.3, -0.25) is 9.36 Å². The molecule has 92 valence electrons. The van der Waals surface area contributed by atoms with E-state index in [-0.39, 0.29) is 11.8 Å². The van der Waals surface area contributed by atoms with E-state index < -0.39 is 0 Å². The van der Waals surface area contributed by atoms with E-state index in [1.807, 2.05) is 6.92 Å². The Hall–Kier alpha value is -2.24. The molecular weight excluding hydrogens is 230 g/mol. The molecule has 2 aromatic rings. The fraction of sp³-hybridized carbons (Fsp3) is 0.333. The first-order chi connectivity index (χ1) is 8.74. The van der Waals surface area contributed by atoms with E-state index in [0.29, 0.717) is 11.6 Å². The molecule has 0 saturated heterocycles. The van der Waals surface area contributed by atoms with Gasteiger partial charge in [0.25, 0.3) is 0 Å². The normalized spacial score (nSPS) is 14.5. The molecule has 1 saturated carbocycles. The highest BCUT2D eigenvalue weighted by molar-refractivity contribution is 5.93. The number of carbonyl (C=O) groups excluding carboxylic acids is 1. The number of hydrogen-bond donors (Lipinski definition) is 1. The lowest BCUT2D eigenvalue weighted by molar-refractivity contribution is -0.117. The summed E-state index contributed by atoms with van der Waals surface area (Å²) in [5, 5.41) is 2.80. The maximum atomic E-state index is 11.6. The van der Waals surface area contributed by atoms with Crippen molar-refractivity contribution in [3.63, 3.8) is 0 Å². The summed E-state index contributed by atoms with van der Waals surface area (Å²) in [7, 11) is 0. The molecule has 1 amide bonds. The molecule has 0 aromatic carbocycles. The number of nitrogens with one attached hydrogen (secondary N) is 1. The summed E-state index contributed by atoms with van der Waals surface area (Å²) in [4.78, 5) is 24.1. The predicted molar refractivity (Wildman–Crippen MR) is 65.2 cm³/mol. The van der Waals surface area contributed by atoms with E-state index in [0.717, 1.165) is 18.7 Å². The molecular formula is C12H13N5O. The highest BCUT2D eigenvalue weighted by Crippen LogP contribution is 2.29. The summed E-state index contributed by atoms with van der Waals surface area (Å²) in [6.07, 6.45) is 8.69. The van der Waals surface area contributed by atoms with Gasteiger partial charge in [-0.1, -0.05) is 0 Å². The van der Waals surface area contributed by atoms with Gasteiger partial charge in [0.05, 0.1) is 18.1 Å². The van der Waals surface area contributed by atoms with Gasteiger partial charge in [0.1, 0.15) is 5.82 Å². The van der Waals surface area contributed by atoms with Crippen molar-refractivity contribution in [2.24, 2.45) is 5.92 Å². The minimum absolute atomic E-state index is 0.0603. The zero-order chi connectivity index (χ0) is 12.5. The van der Waals surface area contributed by atoms with Gasteiger partial charge in [0.2, 0.25) is 11.9 Å². The molecule has 0 bridgehead atoms. The molecule has 6 nitrogen and oxygen atoms in total. The number of aromatic nitrogens is 4. The van der Waals surface area contributed by atoms with Crippen molar-refractivity contribution < 1.29 is 4.79 Å². The van der Waals surface area contributed by atoms with E-state index >= 15 is 0 Å². The number of aryl methyl sites for hydroxylation is 1. The number of hydrogen-bond acceptors (Lipinski definition) is 4. The topological polar surface area (TPSA) is 72.7 Å². The van der Waals surface area contributed by atoms with Crippen LogP contribution in [0.3, 0.4) is 0 Å². The highest BCUT2D eigenvalue weighted by Gasteiger charge is 2.29. The summed E-state index contributed by atoms with van der Waals surface area (Å²) >= 11 is 0. The van der Waals surface area contributed by atoms with Gasteiger partial charge in [-0.25, -0.2) is 15.0 Å². The van der Waals surface area contributed by atoms with Crippen molar-refractivity contribution in [2.75, 3.05) is 5.32 Å². The number of rotatable bonds is 3. The third-order valence-electron chi connectivity index (χ3n) is 2.90. The van der Waals surface area contributed by atoms with E-state index in [9.17, 15) is 4.79 Å². The van der Waals surface area contributed by atoms with E-state index in [4.69, 9.17) is 0 Å². The van der Waals surface area contributed by atoms with Gasteiger partial charge in [0.15, 0.2) is 0 Å². The van der Waals surface area contributed by atoms with Crippen LogP contribution in [0.25, 0.3) is 5.95 Å². The van der Waals surface area contributed by atoms with Crippen molar-refractivity contribution >= 4 is 11.6 Å². The first kappa shape index (κ1) is 10.9. The lowest BCUT2D eigenvalue weighted by Crippen LogP contribution is -2.14. The van der Waals surface area contributed by atoms with Crippen LogP contribution in [0.4, 0.5) is 5.69 Å². The fourth-order valence-electron chi connectivity index (χ4n) is 1.69. The van der Waals surface area contributed by atoms with Crippen molar-refractivity contribution in [3.8, 4) is 5.95 Å². The van der Waals surface area contributed by atoms with Crippen LogP contribution in [0.15, 0.2) is 24.8 Å². The Labute approximate surface area is 104 Å². The first-order valence-electron chi connectivity index (χ1n) is 5.87. The average Bonchev–Trinajstić information content (AvgIpc) is 3.14. The molecule has 0 atom stereocenters. The van der Waals surface area contributed by atoms with Crippen LogP contribution in [0.1, 0.15) is 18.7 Å². The summed E-state index contributed by atoms with van der Waals surface area (Å²) in [6, 6.07) is 0. The summed E-state index contributed by atoms with van der Waals surface area (Å²) < 4.78 is 1.78. The quantitative estimate of drug-likeness (QED) is 0.882. The van der Waals surface area contributed by atoms with Crippen molar-refractivity contribution in [1.29, 1.82) is 0 Å². The Morgan fingerprint density at radius 1 is 1.33 bits per heavy atom. The maximum absolute atomic E-state index is 11.6. The Bertz CT molecular complexity index is 570. The fourth-order valence-corrected chi connectivity index (χ4v) is 1.69. The van der Waals surface area contributed by atoms with Crippen LogP contribution in [0, 0.1) is 12.8 Å². The van der Waals surface area contributed by atoms with Crippen LogP contribution in [-0.4, -0.2) is 25.4 Å². The van der Waals surface area contributed by atoms with E-state index in [1.54, 1.807) is 29.4 Å². The van der Waals surface area contributed by atoms with Gasteiger partial charge in [0, 0.05) is 18.3 Å². The number of carbonyl (C=O) groups is 1. The van der Waals surface area contributed by atoms with Crippen LogP contribution in [0.2, 0.25) is 0 Å². The van der Waals surface area contributed by atoms with Gasteiger partial charge in [-0.2, -0.15) is 0 Å². The molecule has 1 N–H and O–H groups in total. The third-order valence-corrected chi connectivity index (χ3v) is 2.90. The molecule has 6 heteroatoms. The lowest BCUT2D eigenvalue weighted by atomic mass is 10.4. The average molecular weight is 243 g/mol. The Balaban J connectivity index is 1.76. The summed E-state index contributed by atoms with van der Waals surface area (Å²) in [6.45, 7) is 1.88. The van der Waals surface area contributed by atoms with Gasteiger partial charge < -0.3 is 5.32 Å². The zero-order valence-corrected chi connectivity index (χ0v) is 10.00. The number of amides is 1. The second-order valence-corrected chi connectivity index (χ2v) is 4.38. The van der Waals surface area contributed by atoms with Crippen molar-refractivity contribution in [3.05, 3.63) is 30.6 Å². The number of nitrogens with zero attached hydrogens (tertiary/aromatic N) is 4. The smallest absolute Gasteiger partial charge is 0.235 e. The SMILES string of the molecule is Cc1nccn1-c1ncc(NC(=O)C2CC2)cn1. The predicted octanol–water partition coefficient (Wildman–Crippen LogP) is 1.32. The third kappa shape index (κ3) is 2.09. The zero-order valence-electron chi connectivity index (χ0n) is 10.00. The van der Waals surface area contributed by atoms with Gasteiger partial charge in [-0.05, 0) is 19.8 Å². The molecule has 1 aliphatic carbocycles. The molecule has 18 heavy (non-hydrogen) atoms. The second-order valence-electron chi connectivity index (χ2n) is 4.38. The number of anilines is 1. The molecule has 3 rings (SSSR count). The molecule has 0 spiro atoms.